The number of fused-ring (bicyclic) bond motifs is 1. The molecule has 0 saturated carbocycles. The summed E-state index contributed by atoms with van der Waals surface area (Å²) in [4.78, 5) is 13.8. The molecule has 3 nitrogen and oxygen atoms in total. The normalized spacial score (nSPS) is 33.1. The summed E-state index contributed by atoms with van der Waals surface area (Å²) in [7, 11) is 0. The lowest BCUT2D eigenvalue weighted by atomic mass is 9.99. The molecule has 15 heavy (non-hydrogen) atoms. The van der Waals surface area contributed by atoms with Crippen molar-refractivity contribution in [2.45, 2.75) is 57.8 Å². The van der Waals surface area contributed by atoms with E-state index < -0.39 is 0 Å². The number of carbonyl (C=O) groups excluding carboxylic acids is 1. The Morgan fingerprint density at radius 2 is 2.07 bits per heavy atom. The van der Waals surface area contributed by atoms with Crippen molar-refractivity contribution in [1.82, 2.24) is 4.90 Å². The van der Waals surface area contributed by atoms with E-state index in [0.717, 1.165) is 25.9 Å². The Bertz CT molecular complexity index is 257. The summed E-state index contributed by atoms with van der Waals surface area (Å²) in [6.45, 7) is 8.28. The summed E-state index contributed by atoms with van der Waals surface area (Å²) in [5.41, 5.74) is -0.0961. The van der Waals surface area contributed by atoms with E-state index in [0.29, 0.717) is 18.2 Å². The fourth-order valence-electron chi connectivity index (χ4n) is 2.62. The zero-order valence-corrected chi connectivity index (χ0v) is 9.95. The quantitative estimate of drug-likeness (QED) is 0.660. The second kappa shape index (κ2) is 3.87. The SMILES string of the molecule is CC(C)(C)O[C@H]1CCN2CCC(=O)C[C@H]12. The van der Waals surface area contributed by atoms with Gasteiger partial charge in [-0.3, -0.25) is 9.69 Å². The number of Topliss-reactive ketones (excluding diaryl/α,β-unsaturated/α-hetero) is 1. The number of piperidine rings is 1. The molecule has 3 heteroatoms. The number of rotatable bonds is 1. The van der Waals surface area contributed by atoms with Gasteiger partial charge >= 0.3 is 0 Å². The zero-order valence-electron chi connectivity index (χ0n) is 9.95. The predicted molar refractivity (Wildman–Crippen MR) is 58.8 cm³/mol. The first-order valence-corrected chi connectivity index (χ1v) is 5.89. The van der Waals surface area contributed by atoms with Crippen molar-refractivity contribution in [1.29, 1.82) is 0 Å². The third kappa shape index (κ3) is 2.58. The highest BCUT2D eigenvalue weighted by molar-refractivity contribution is 5.80. The first-order valence-electron chi connectivity index (χ1n) is 5.89. The van der Waals surface area contributed by atoms with Gasteiger partial charge < -0.3 is 4.74 Å². The fraction of sp³-hybridized carbons (Fsp3) is 0.917. The molecule has 0 spiro atoms. The van der Waals surface area contributed by atoms with Crippen LogP contribution in [-0.2, 0) is 9.53 Å². The molecule has 2 aliphatic rings. The minimum absolute atomic E-state index is 0.0961. The number of carbonyl (C=O) groups is 1. The van der Waals surface area contributed by atoms with Gasteiger partial charge in [0.25, 0.3) is 0 Å². The maximum absolute atomic E-state index is 11.4. The molecule has 0 amide bonds. The first-order chi connectivity index (χ1) is 6.96. The molecule has 0 bridgehead atoms. The van der Waals surface area contributed by atoms with Crippen LogP contribution in [0.1, 0.15) is 40.0 Å². The number of nitrogens with zero attached hydrogens (tertiary/aromatic N) is 1. The van der Waals surface area contributed by atoms with Crippen LogP contribution in [0.3, 0.4) is 0 Å². The van der Waals surface area contributed by atoms with Crippen LogP contribution in [-0.4, -0.2) is 41.5 Å². The summed E-state index contributed by atoms with van der Waals surface area (Å²) in [5.74, 6) is 0.403. The van der Waals surface area contributed by atoms with Gasteiger partial charge in [-0.05, 0) is 27.2 Å². The molecule has 86 valence electrons. The molecule has 0 radical (unpaired) electrons. The second-order valence-electron chi connectivity index (χ2n) is 5.65. The molecule has 2 heterocycles. The van der Waals surface area contributed by atoms with Crippen molar-refractivity contribution in [2.75, 3.05) is 13.1 Å². The molecule has 0 aliphatic carbocycles. The van der Waals surface area contributed by atoms with Crippen molar-refractivity contribution in [3.05, 3.63) is 0 Å². The van der Waals surface area contributed by atoms with Crippen molar-refractivity contribution < 1.29 is 9.53 Å². The monoisotopic (exact) mass is 211 g/mol. The van der Waals surface area contributed by atoms with Gasteiger partial charge in [0.2, 0.25) is 0 Å². The van der Waals surface area contributed by atoms with Crippen LogP contribution in [0.4, 0.5) is 0 Å². The van der Waals surface area contributed by atoms with Gasteiger partial charge in [0.15, 0.2) is 0 Å². The third-order valence-electron chi connectivity index (χ3n) is 3.22. The van der Waals surface area contributed by atoms with Crippen molar-refractivity contribution >= 4 is 5.78 Å². The first kappa shape index (κ1) is 11.1. The molecule has 2 atom stereocenters. The minimum Gasteiger partial charge on any atom is -0.371 e. The summed E-state index contributed by atoms with van der Waals surface area (Å²) < 4.78 is 6.02. The average Bonchev–Trinajstić information content (AvgIpc) is 2.46. The molecule has 2 saturated heterocycles. The highest BCUT2D eigenvalue weighted by Crippen LogP contribution is 2.30. The highest BCUT2D eigenvalue weighted by Gasteiger charge is 2.40. The lowest BCUT2D eigenvalue weighted by molar-refractivity contribution is -0.127. The van der Waals surface area contributed by atoms with Gasteiger partial charge in [0, 0.05) is 32.0 Å². The molecular weight excluding hydrogens is 190 g/mol. The van der Waals surface area contributed by atoms with Gasteiger partial charge in [-0.2, -0.15) is 0 Å². The summed E-state index contributed by atoms with van der Waals surface area (Å²) in [5, 5.41) is 0. The van der Waals surface area contributed by atoms with Gasteiger partial charge in [-0.25, -0.2) is 0 Å². The topological polar surface area (TPSA) is 29.5 Å². The van der Waals surface area contributed by atoms with Crippen LogP contribution in [0.25, 0.3) is 0 Å². The number of hydrogen-bond donors (Lipinski definition) is 0. The molecule has 0 unspecified atom stereocenters. The number of ketones is 1. The van der Waals surface area contributed by atoms with Crippen molar-refractivity contribution in [3.63, 3.8) is 0 Å². The van der Waals surface area contributed by atoms with Crippen LogP contribution in [0, 0.1) is 0 Å². The van der Waals surface area contributed by atoms with Crippen molar-refractivity contribution in [2.24, 2.45) is 0 Å². The maximum Gasteiger partial charge on any atom is 0.135 e. The summed E-state index contributed by atoms with van der Waals surface area (Å²) >= 11 is 0. The van der Waals surface area contributed by atoms with Gasteiger partial charge in [0.05, 0.1) is 11.7 Å². The number of ether oxygens (including phenoxy) is 1. The van der Waals surface area contributed by atoms with E-state index in [1.54, 1.807) is 0 Å². The van der Waals surface area contributed by atoms with Crippen LogP contribution in [0.5, 0.6) is 0 Å². The highest BCUT2D eigenvalue weighted by atomic mass is 16.5. The lowest BCUT2D eigenvalue weighted by Crippen LogP contribution is -2.45. The molecule has 0 aromatic rings. The van der Waals surface area contributed by atoms with E-state index in [1.807, 2.05) is 0 Å². The molecule has 0 aromatic carbocycles. The third-order valence-corrected chi connectivity index (χ3v) is 3.22. The fourth-order valence-corrected chi connectivity index (χ4v) is 2.62. The summed E-state index contributed by atoms with van der Waals surface area (Å²) in [6, 6.07) is 0.352. The van der Waals surface area contributed by atoms with E-state index >= 15 is 0 Å². The Balaban J connectivity index is 2.00. The number of hydrogen-bond acceptors (Lipinski definition) is 3. The van der Waals surface area contributed by atoms with Gasteiger partial charge in [-0.1, -0.05) is 0 Å². The van der Waals surface area contributed by atoms with E-state index in [4.69, 9.17) is 4.74 Å². The molecule has 2 aliphatic heterocycles. The largest absolute Gasteiger partial charge is 0.371 e. The average molecular weight is 211 g/mol. The molecule has 0 aromatic heterocycles. The molecule has 2 rings (SSSR count). The summed E-state index contributed by atoms with van der Waals surface area (Å²) in [6.07, 6.45) is 2.77. The maximum atomic E-state index is 11.4. The second-order valence-corrected chi connectivity index (χ2v) is 5.65. The van der Waals surface area contributed by atoms with E-state index in [1.165, 1.54) is 0 Å². The Morgan fingerprint density at radius 3 is 2.73 bits per heavy atom. The van der Waals surface area contributed by atoms with Gasteiger partial charge in [-0.15, -0.1) is 0 Å². The van der Waals surface area contributed by atoms with E-state index in [2.05, 4.69) is 25.7 Å². The minimum atomic E-state index is -0.0961. The Kier molecular flexibility index (Phi) is 2.86. The molecule has 0 N–H and O–H groups in total. The van der Waals surface area contributed by atoms with E-state index in [-0.39, 0.29) is 11.7 Å². The van der Waals surface area contributed by atoms with Crippen LogP contribution < -0.4 is 0 Å². The van der Waals surface area contributed by atoms with Crippen LogP contribution in [0.2, 0.25) is 0 Å². The molecule has 2 fully saturated rings. The van der Waals surface area contributed by atoms with Crippen molar-refractivity contribution in [3.8, 4) is 0 Å². The zero-order chi connectivity index (χ0) is 11.1. The Morgan fingerprint density at radius 1 is 1.33 bits per heavy atom. The van der Waals surface area contributed by atoms with E-state index in [9.17, 15) is 4.79 Å². The van der Waals surface area contributed by atoms with Crippen LogP contribution in [0.15, 0.2) is 0 Å². The Hall–Kier alpha value is -0.410. The lowest BCUT2D eigenvalue weighted by Gasteiger charge is -2.34. The standard InChI is InChI=1S/C12H21NO2/c1-12(2,3)15-11-5-7-13-6-4-9(14)8-10(11)13/h10-11H,4-8H2,1-3H3/t10-,11+/m1/s1. The Labute approximate surface area is 91.8 Å². The van der Waals surface area contributed by atoms with Crippen LogP contribution >= 0.6 is 0 Å². The van der Waals surface area contributed by atoms with Gasteiger partial charge in [0.1, 0.15) is 5.78 Å². The smallest absolute Gasteiger partial charge is 0.135 e. The molecular formula is C12H21NO2. The predicted octanol–water partition coefficient (Wildman–Crippen LogP) is 1.61.